The number of sulfonamides is 1. The molecule has 1 aliphatic heterocycles. The quantitative estimate of drug-likeness (QED) is 0.804. The van der Waals surface area contributed by atoms with Gasteiger partial charge in [-0.05, 0) is 51.6 Å². The second-order valence-corrected chi connectivity index (χ2v) is 7.95. The molecule has 2 atom stereocenters. The van der Waals surface area contributed by atoms with E-state index in [2.05, 4.69) is 39.5 Å². The predicted molar refractivity (Wildman–Crippen MR) is 84.0 cm³/mol. The van der Waals surface area contributed by atoms with Crippen molar-refractivity contribution in [3.8, 4) is 0 Å². The van der Waals surface area contributed by atoms with Gasteiger partial charge in [0.25, 0.3) is 0 Å². The van der Waals surface area contributed by atoms with Gasteiger partial charge in [-0.15, -0.1) is 0 Å². The number of piperidine rings is 1. The van der Waals surface area contributed by atoms with Crippen LogP contribution in [0.3, 0.4) is 0 Å². The molecule has 5 nitrogen and oxygen atoms in total. The Labute approximate surface area is 128 Å². The summed E-state index contributed by atoms with van der Waals surface area (Å²) in [6.07, 6.45) is 1.62. The van der Waals surface area contributed by atoms with Gasteiger partial charge in [0.2, 0.25) is 10.0 Å². The van der Waals surface area contributed by atoms with E-state index in [-0.39, 0.29) is 16.6 Å². The maximum absolute atomic E-state index is 12.4. The Kier molecular flexibility index (Phi) is 4.73. The van der Waals surface area contributed by atoms with Crippen molar-refractivity contribution in [2.45, 2.75) is 36.7 Å². The highest BCUT2D eigenvalue weighted by Crippen LogP contribution is 2.24. The summed E-state index contributed by atoms with van der Waals surface area (Å²) in [7, 11) is -1.52. The summed E-state index contributed by atoms with van der Waals surface area (Å²) in [6.45, 7) is 3.00. The molecule has 0 saturated carbocycles. The van der Waals surface area contributed by atoms with Gasteiger partial charge in [0, 0.05) is 16.6 Å². The average molecular weight is 362 g/mol. The summed E-state index contributed by atoms with van der Waals surface area (Å²) in [4.78, 5) is 2.37. The van der Waals surface area contributed by atoms with Crippen molar-refractivity contribution in [1.82, 2.24) is 9.62 Å². The fourth-order valence-corrected chi connectivity index (χ4v) is 4.37. The maximum atomic E-state index is 12.4. The number of hydrogen-bond acceptors (Lipinski definition) is 4. The molecule has 7 heteroatoms. The molecule has 3 N–H and O–H groups in total. The van der Waals surface area contributed by atoms with Gasteiger partial charge in [0.15, 0.2) is 0 Å². The van der Waals surface area contributed by atoms with Crippen molar-refractivity contribution in [1.29, 1.82) is 0 Å². The minimum Gasteiger partial charge on any atom is -0.398 e. The highest BCUT2D eigenvalue weighted by molar-refractivity contribution is 9.10. The summed E-state index contributed by atoms with van der Waals surface area (Å²) in [5.74, 6) is 0. The molecule has 112 valence electrons. The van der Waals surface area contributed by atoms with Gasteiger partial charge in [0.1, 0.15) is 4.90 Å². The van der Waals surface area contributed by atoms with Crippen LogP contribution in [-0.2, 0) is 10.0 Å². The first kappa shape index (κ1) is 15.8. The van der Waals surface area contributed by atoms with Gasteiger partial charge < -0.3 is 10.6 Å². The summed E-state index contributed by atoms with van der Waals surface area (Å²) >= 11 is 3.28. The molecule has 1 aromatic rings. The van der Waals surface area contributed by atoms with Crippen molar-refractivity contribution in [3.05, 3.63) is 22.7 Å². The van der Waals surface area contributed by atoms with Crippen LogP contribution in [0.4, 0.5) is 5.69 Å². The minimum absolute atomic E-state index is 0.0374. The van der Waals surface area contributed by atoms with Crippen LogP contribution in [-0.4, -0.2) is 39.0 Å². The summed E-state index contributed by atoms with van der Waals surface area (Å²) in [5, 5.41) is 0. The minimum atomic E-state index is -3.58. The average Bonchev–Trinajstić information content (AvgIpc) is 2.36. The second kappa shape index (κ2) is 6.01. The summed E-state index contributed by atoms with van der Waals surface area (Å²) in [5.41, 5.74) is 6.05. The number of benzene rings is 1. The van der Waals surface area contributed by atoms with E-state index in [1.54, 1.807) is 12.1 Å². The zero-order valence-corrected chi connectivity index (χ0v) is 14.0. The van der Waals surface area contributed by atoms with E-state index in [4.69, 9.17) is 5.73 Å². The van der Waals surface area contributed by atoms with Gasteiger partial charge >= 0.3 is 0 Å². The smallest absolute Gasteiger partial charge is 0.242 e. The van der Waals surface area contributed by atoms with Crippen LogP contribution in [0.25, 0.3) is 0 Å². The van der Waals surface area contributed by atoms with E-state index in [0.29, 0.717) is 10.5 Å². The first-order chi connectivity index (χ1) is 9.29. The van der Waals surface area contributed by atoms with Gasteiger partial charge in [-0.2, -0.15) is 0 Å². The third kappa shape index (κ3) is 3.52. The van der Waals surface area contributed by atoms with E-state index in [1.165, 1.54) is 6.07 Å². The molecular weight excluding hydrogens is 342 g/mol. The van der Waals surface area contributed by atoms with Gasteiger partial charge in [0.05, 0.1) is 5.69 Å². The molecule has 0 bridgehead atoms. The van der Waals surface area contributed by atoms with Crippen molar-refractivity contribution < 1.29 is 8.42 Å². The molecule has 2 rings (SSSR count). The third-order valence-electron chi connectivity index (χ3n) is 3.80. The van der Waals surface area contributed by atoms with E-state index in [1.807, 2.05) is 0 Å². The molecule has 1 aliphatic rings. The Morgan fingerprint density at radius 1 is 1.45 bits per heavy atom. The number of halogens is 1. The van der Waals surface area contributed by atoms with Crippen LogP contribution < -0.4 is 10.5 Å². The highest BCUT2D eigenvalue weighted by Gasteiger charge is 2.28. The number of nitrogens with one attached hydrogen (secondary N) is 1. The lowest BCUT2D eigenvalue weighted by Gasteiger charge is -2.35. The van der Waals surface area contributed by atoms with E-state index in [0.717, 1.165) is 19.4 Å². The maximum Gasteiger partial charge on any atom is 0.242 e. The van der Waals surface area contributed by atoms with Crippen LogP contribution in [0.15, 0.2) is 27.6 Å². The Morgan fingerprint density at radius 2 is 2.15 bits per heavy atom. The number of hydrogen-bond donors (Lipinski definition) is 2. The molecule has 1 heterocycles. The summed E-state index contributed by atoms with van der Waals surface area (Å²) < 4.78 is 28.3. The molecule has 0 aliphatic carbocycles. The standard InChI is InChI=1S/C13H20BrN3O2S/c1-9-7-11(5-6-17(9)2)16-20(18,19)13-8-10(14)3-4-12(13)15/h3-4,8-9,11,16H,5-7,15H2,1-2H3. The van der Waals surface area contributed by atoms with Crippen molar-refractivity contribution in [3.63, 3.8) is 0 Å². The van der Waals surface area contributed by atoms with Crippen LogP contribution >= 0.6 is 15.9 Å². The van der Waals surface area contributed by atoms with Crippen LogP contribution in [0, 0.1) is 0 Å². The normalized spacial score (nSPS) is 24.8. The largest absolute Gasteiger partial charge is 0.398 e. The van der Waals surface area contributed by atoms with Crippen molar-refractivity contribution in [2.24, 2.45) is 0 Å². The molecule has 0 amide bonds. The molecule has 0 aromatic heterocycles. The number of nitrogens with two attached hydrogens (primary N) is 1. The lowest BCUT2D eigenvalue weighted by Crippen LogP contribution is -2.47. The highest BCUT2D eigenvalue weighted by atomic mass is 79.9. The molecule has 1 aromatic carbocycles. The van der Waals surface area contributed by atoms with Gasteiger partial charge in [-0.1, -0.05) is 15.9 Å². The van der Waals surface area contributed by atoms with Gasteiger partial charge in [-0.3, -0.25) is 0 Å². The fraction of sp³-hybridized carbons (Fsp3) is 0.538. The molecule has 1 fully saturated rings. The van der Waals surface area contributed by atoms with Gasteiger partial charge in [-0.25, -0.2) is 13.1 Å². The van der Waals surface area contributed by atoms with Crippen molar-refractivity contribution >= 4 is 31.6 Å². The zero-order chi connectivity index (χ0) is 14.9. The lowest BCUT2D eigenvalue weighted by atomic mass is 10.0. The first-order valence-corrected chi connectivity index (χ1v) is 8.85. The Balaban J connectivity index is 2.17. The Hall–Kier alpha value is -0.630. The fourth-order valence-electron chi connectivity index (χ4n) is 2.42. The predicted octanol–water partition coefficient (Wildman–Crippen LogP) is 1.79. The van der Waals surface area contributed by atoms with Crippen LogP contribution in [0.1, 0.15) is 19.8 Å². The zero-order valence-electron chi connectivity index (χ0n) is 11.6. The van der Waals surface area contributed by atoms with Crippen LogP contribution in [0.5, 0.6) is 0 Å². The Bertz CT molecular complexity index is 591. The number of likely N-dealkylation sites (tertiary alicyclic amines) is 1. The summed E-state index contributed by atoms with van der Waals surface area (Å²) in [6, 6.07) is 5.19. The first-order valence-electron chi connectivity index (χ1n) is 6.57. The molecule has 0 spiro atoms. The van der Waals surface area contributed by atoms with Crippen molar-refractivity contribution in [2.75, 3.05) is 19.3 Å². The monoisotopic (exact) mass is 361 g/mol. The number of nitrogen functional groups attached to an aromatic ring is 1. The molecule has 0 radical (unpaired) electrons. The van der Waals surface area contributed by atoms with E-state index in [9.17, 15) is 8.42 Å². The van der Waals surface area contributed by atoms with E-state index >= 15 is 0 Å². The molecular formula is C13H20BrN3O2S. The number of rotatable bonds is 3. The molecule has 1 saturated heterocycles. The topological polar surface area (TPSA) is 75.4 Å². The lowest BCUT2D eigenvalue weighted by molar-refractivity contribution is 0.178. The second-order valence-electron chi connectivity index (χ2n) is 5.35. The molecule has 20 heavy (non-hydrogen) atoms. The number of nitrogens with zero attached hydrogens (tertiary/aromatic N) is 1. The van der Waals surface area contributed by atoms with E-state index < -0.39 is 10.0 Å². The molecule has 2 unspecified atom stereocenters. The third-order valence-corrected chi connectivity index (χ3v) is 5.86. The number of anilines is 1. The SMILES string of the molecule is CC1CC(NS(=O)(=O)c2cc(Br)ccc2N)CCN1C. The Morgan fingerprint density at radius 3 is 2.80 bits per heavy atom. The van der Waals surface area contributed by atoms with Crippen LogP contribution in [0.2, 0.25) is 0 Å².